The Labute approximate surface area is 126 Å². The van der Waals surface area contributed by atoms with E-state index in [1.807, 2.05) is 0 Å². The van der Waals surface area contributed by atoms with Gasteiger partial charge >= 0.3 is 0 Å². The third-order valence-electron chi connectivity index (χ3n) is 3.39. The molecule has 8 heteroatoms. The van der Waals surface area contributed by atoms with Gasteiger partial charge in [-0.25, -0.2) is 4.39 Å². The minimum absolute atomic E-state index is 0.0130. The van der Waals surface area contributed by atoms with E-state index in [1.165, 1.54) is 16.9 Å². The highest BCUT2D eigenvalue weighted by Crippen LogP contribution is 2.13. The highest BCUT2D eigenvalue weighted by Gasteiger charge is 2.16. The van der Waals surface area contributed by atoms with Gasteiger partial charge < -0.3 is 10.1 Å². The van der Waals surface area contributed by atoms with Crippen LogP contribution < -0.4 is 5.32 Å². The van der Waals surface area contributed by atoms with Crippen LogP contribution in [0.1, 0.15) is 12.8 Å². The largest absolute Gasteiger partial charge is 0.376 e. The van der Waals surface area contributed by atoms with E-state index in [4.69, 9.17) is 4.74 Å². The zero-order valence-corrected chi connectivity index (χ0v) is 11.9. The maximum Gasteiger partial charge on any atom is 0.243 e. The molecule has 1 aliphatic heterocycles. The maximum absolute atomic E-state index is 12.9. The number of nitrogens with one attached hydrogen (secondary N) is 1. The number of aromatic nitrogens is 4. The van der Waals surface area contributed by atoms with E-state index >= 15 is 0 Å². The van der Waals surface area contributed by atoms with Crippen molar-refractivity contribution in [2.75, 3.05) is 13.2 Å². The van der Waals surface area contributed by atoms with Crippen LogP contribution in [-0.2, 0) is 16.1 Å². The molecule has 2 heterocycles. The third kappa shape index (κ3) is 3.64. The second kappa shape index (κ2) is 6.61. The quantitative estimate of drug-likeness (QED) is 0.882. The van der Waals surface area contributed by atoms with Crippen LogP contribution in [0.15, 0.2) is 24.3 Å². The fourth-order valence-electron chi connectivity index (χ4n) is 2.24. The molecule has 1 aromatic heterocycles. The van der Waals surface area contributed by atoms with Gasteiger partial charge in [-0.2, -0.15) is 4.80 Å². The van der Waals surface area contributed by atoms with Crippen molar-refractivity contribution in [2.45, 2.75) is 25.5 Å². The molecule has 22 heavy (non-hydrogen) atoms. The number of rotatable bonds is 5. The van der Waals surface area contributed by atoms with Gasteiger partial charge in [0.15, 0.2) is 0 Å². The average Bonchev–Trinajstić information content (AvgIpc) is 3.17. The second-order valence-corrected chi connectivity index (χ2v) is 5.09. The molecular weight excluding hydrogens is 289 g/mol. The maximum atomic E-state index is 12.9. The molecule has 1 N–H and O–H groups in total. The molecule has 0 aliphatic carbocycles. The van der Waals surface area contributed by atoms with Crippen LogP contribution in [0.5, 0.6) is 0 Å². The van der Waals surface area contributed by atoms with E-state index in [0.29, 0.717) is 17.9 Å². The lowest BCUT2D eigenvalue weighted by molar-refractivity contribution is -0.122. The molecule has 3 rings (SSSR count). The molecule has 2 aromatic rings. The van der Waals surface area contributed by atoms with Gasteiger partial charge in [-0.1, -0.05) is 0 Å². The number of halogens is 1. The lowest BCUT2D eigenvalue weighted by Gasteiger charge is -2.10. The van der Waals surface area contributed by atoms with Crippen LogP contribution in [0.3, 0.4) is 0 Å². The molecule has 0 unspecified atom stereocenters. The van der Waals surface area contributed by atoms with Gasteiger partial charge in [-0.05, 0) is 42.3 Å². The Hall–Kier alpha value is -2.35. The van der Waals surface area contributed by atoms with Gasteiger partial charge in [0.25, 0.3) is 0 Å². The van der Waals surface area contributed by atoms with Gasteiger partial charge in [0.2, 0.25) is 11.7 Å². The van der Waals surface area contributed by atoms with Crippen LogP contribution in [0.25, 0.3) is 11.4 Å². The zero-order chi connectivity index (χ0) is 15.4. The Bertz CT molecular complexity index is 637. The summed E-state index contributed by atoms with van der Waals surface area (Å²) in [6.07, 6.45) is 2.10. The molecule has 116 valence electrons. The van der Waals surface area contributed by atoms with Gasteiger partial charge in [0.1, 0.15) is 12.4 Å². The molecule has 7 nitrogen and oxygen atoms in total. The Morgan fingerprint density at radius 2 is 2.23 bits per heavy atom. The molecule has 1 aliphatic rings. The third-order valence-corrected chi connectivity index (χ3v) is 3.39. The number of ether oxygens (including phenoxy) is 1. The summed E-state index contributed by atoms with van der Waals surface area (Å²) in [5, 5.41) is 14.6. The van der Waals surface area contributed by atoms with Crippen molar-refractivity contribution in [3.8, 4) is 11.4 Å². The first-order chi connectivity index (χ1) is 10.7. The first-order valence-electron chi connectivity index (χ1n) is 7.13. The summed E-state index contributed by atoms with van der Waals surface area (Å²) in [6.45, 7) is 1.24. The Morgan fingerprint density at radius 3 is 2.95 bits per heavy atom. The molecule has 0 spiro atoms. The van der Waals surface area contributed by atoms with Crippen molar-refractivity contribution in [1.82, 2.24) is 25.5 Å². The van der Waals surface area contributed by atoms with Gasteiger partial charge in [0, 0.05) is 18.7 Å². The molecule has 0 saturated carbocycles. The predicted molar refractivity (Wildman–Crippen MR) is 75.2 cm³/mol. The number of benzene rings is 1. The van der Waals surface area contributed by atoms with Crippen LogP contribution >= 0.6 is 0 Å². The van der Waals surface area contributed by atoms with Crippen LogP contribution in [0.2, 0.25) is 0 Å². The predicted octanol–water partition coefficient (Wildman–Crippen LogP) is 0.774. The van der Waals surface area contributed by atoms with Gasteiger partial charge in [-0.3, -0.25) is 4.79 Å². The van der Waals surface area contributed by atoms with Crippen LogP contribution in [0.4, 0.5) is 4.39 Å². The van der Waals surface area contributed by atoms with Gasteiger partial charge in [0.05, 0.1) is 6.10 Å². The normalized spacial score (nSPS) is 17.6. The highest BCUT2D eigenvalue weighted by atomic mass is 19.1. The van der Waals surface area contributed by atoms with Crippen molar-refractivity contribution < 1.29 is 13.9 Å². The Balaban J connectivity index is 1.54. The first kappa shape index (κ1) is 14.6. The summed E-state index contributed by atoms with van der Waals surface area (Å²) in [5.74, 6) is -0.171. The molecular formula is C14H16FN5O2. The number of hydrogen-bond acceptors (Lipinski definition) is 5. The fourth-order valence-corrected chi connectivity index (χ4v) is 2.24. The van der Waals surface area contributed by atoms with E-state index in [0.717, 1.165) is 19.4 Å². The lowest BCUT2D eigenvalue weighted by atomic mass is 10.2. The van der Waals surface area contributed by atoms with E-state index in [1.54, 1.807) is 12.1 Å². The topological polar surface area (TPSA) is 81.9 Å². The second-order valence-electron chi connectivity index (χ2n) is 5.09. The minimum Gasteiger partial charge on any atom is -0.376 e. The number of carbonyl (C=O) groups excluding carboxylic acids is 1. The zero-order valence-electron chi connectivity index (χ0n) is 11.9. The monoisotopic (exact) mass is 305 g/mol. The minimum atomic E-state index is -0.329. The molecule has 0 radical (unpaired) electrons. The van der Waals surface area contributed by atoms with Crippen molar-refractivity contribution in [1.29, 1.82) is 0 Å². The molecule has 1 aromatic carbocycles. The molecule has 1 fully saturated rings. The van der Waals surface area contributed by atoms with Crippen molar-refractivity contribution in [2.24, 2.45) is 0 Å². The molecule has 1 atom stereocenters. The Kier molecular flexibility index (Phi) is 4.38. The highest BCUT2D eigenvalue weighted by molar-refractivity contribution is 5.75. The first-order valence-corrected chi connectivity index (χ1v) is 7.13. The SMILES string of the molecule is O=C(Cn1nnc(-c2ccc(F)cc2)n1)NC[C@H]1CCCO1. The van der Waals surface area contributed by atoms with E-state index in [9.17, 15) is 9.18 Å². The van der Waals surface area contributed by atoms with E-state index < -0.39 is 0 Å². The summed E-state index contributed by atoms with van der Waals surface area (Å²) >= 11 is 0. The van der Waals surface area contributed by atoms with Crippen LogP contribution in [-0.4, -0.2) is 45.4 Å². The van der Waals surface area contributed by atoms with Gasteiger partial charge in [-0.15, -0.1) is 10.2 Å². The van der Waals surface area contributed by atoms with Crippen molar-refractivity contribution in [3.63, 3.8) is 0 Å². The summed E-state index contributed by atoms with van der Waals surface area (Å²) in [4.78, 5) is 13.0. The standard InChI is InChI=1S/C14H16FN5O2/c15-11-5-3-10(4-6-11)14-17-19-20(18-14)9-13(21)16-8-12-2-1-7-22-12/h3-6,12H,1-2,7-9H2,(H,16,21)/t12-/m1/s1. The smallest absolute Gasteiger partial charge is 0.243 e. The average molecular weight is 305 g/mol. The van der Waals surface area contributed by atoms with Crippen molar-refractivity contribution in [3.05, 3.63) is 30.1 Å². The summed E-state index contributed by atoms with van der Waals surface area (Å²) in [5.41, 5.74) is 0.646. The summed E-state index contributed by atoms with van der Waals surface area (Å²) in [6, 6.07) is 5.77. The summed E-state index contributed by atoms with van der Waals surface area (Å²) < 4.78 is 18.3. The molecule has 1 amide bonds. The fraction of sp³-hybridized carbons (Fsp3) is 0.429. The number of hydrogen-bond donors (Lipinski definition) is 1. The van der Waals surface area contributed by atoms with Crippen molar-refractivity contribution >= 4 is 5.91 Å². The summed E-state index contributed by atoms with van der Waals surface area (Å²) in [7, 11) is 0. The Morgan fingerprint density at radius 1 is 1.41 bits per heavy atom. The molecule has 1 saturated heterocycles. The lowest BCUT2D eigenvalue weighted by Crippen LogP contribution is -2.34. The number of nitrogens with zero attached hydrogens (tertiary/aromatic N) is 4. The number of tetrazole rings is 1. The number of carbonyl (C=O) groups is 1. The number of amides is 1. The van der Waals surface area contributed by atoms with E-state index in [2.05, 4.69) is 20.7 Å². The van der Waals surface area contributed by atoms with E-state index in [-0.39, 0.29) is 24.4 Å². The molecule has 0 bridgehead atoms. The van der Waals surface area contributed by atoms with Crippen LogP contribution in [0, 0.1) is 5.82 Å².